The summed E-state index contributed by atoms with van der Waals surface area (Å²) in [5, 5.41) is 7.29. The number of rotatable bonds is 9. The maximum Gasteiger partial charge on any atom is 0.331 e. The zero-order chi connectivity index (χ0) is 24.8. The summed E-state index contributed by atoms with van der Waals surface area (Å²) in [5.74, 6) is -1.01. The van der Waals surface area contributed by atoms with E-state index in [2.05, 4.69) is 41.6 Å². The summed E-state index contributed by atoms with van der Waals surface area (Å²) in [7, 11) is 0. The van der Waals surface area contributed by atoms with Crippen LogP contribution in [0, 0.1) is 20.8 Å². The number of ketones is 1. The lowest BCUT2D eigenvalue weighted by molar-refractivity contribution is -0.140. The quantitative estimate of drug-likeness (QED) is 0.279. The Morgan fingerprint density at radius 3 is 2.50 bits per heavy atom. The highest BCUT2D eigenvalue weighted by Gasteiger charge is 2.20. The molecule has 1 atom stereocenters. The highest BCUT2D eigenvalue weighted by molar-refractivity contribution is 7.14. The number of aromatic nitrogens is 2. The van der Waals surface area contributed by atoms with E-state index in [4.69, 9.17) is 4.74 Å². The Morgan fingerprint density at radius 2 is 1.82 bits per heavy atom. The third-order valence-corrected chi connectivity index (χ3v) is 6.45. The minimum absolute atomic E-state index is 0.137. The van der Waals surface area contributed by atoms with Gasteiger partial charge in [0.2, 0.25) is 11.7 Å². The fraction of sp³-hybridized carbons (Fsp3) is 0.308. The highest BCUT2D eigenvalue weighted by atomic mass is 32.1. The fourth-order valence-corrected chi connectivity index (χ4v) is 4.37. The average Bonchev–Trinajstić information content (AvgIpc) is 3.36. The average molecular weight is 480 g/mol. The van der Waals surface area contributed by atoms with Gasteiger partial charge < -0.3 is 10.1 Å². The van der Waals surface area contributed by atoms with E-state index >= 15 is 0 Å². The van der Waals surface area contributed by atoms with E-state index in [1.165, 1.54) is 29.9 Å². The summed E-state index contributed by atoms with van der Waals surface area (Å²) in [6.07, 6.45) is 2.09. The van der Waals surface area contributed by atoms with Crippen LogP contribution in [0.1, 0.15) is 56.5 Å². The summed E-state index contributed by atoms with van der Waals surface area (Å²) < 4.78 is 7.23. The molecule has 2 heterocycles. The van der Waals surface area contributed by atoms with Crippen LogP contribution in [-0.2, 0) is 27.4 Å². The van der Waals surface area contributed by atoms with Gasteiger partial charge in [-0.3, -0.25) is 14.3 Å². The molecule has 0 aliphatic heterocycles. The van der Waals surface area contributed by atoms with E-state index in [0.717, 1.165) is 27.4 Å². The monoisotopic (exact) mass is 479 g/mol. The van der Waals surface area contributed by atoms with Gasteiger partial charge in [-0.1, -0.05) is 29.8 Å². The number of nitrogens with one attached hydrogen (secondary N) is 1. The molecule has 1 amide bonds. The lowest BCUT2D eigenvalue weighted by Gasteiger charge is -2.09. The predicted octanol–water partition coefficient (Wildman–Crippen LogP) is 4.38. The molecule has 34 heavy (non-hydrogen) atoms. The minimum Gasteiger partial charge on any atom is -0.451 e. The second kappa shape index (κ2) is 11.1. The lowest BCUT2D eigenvalue weighted by atomic mass is 10.1. The normalized spacial score (nSPS) is 12.0. The van der Waals surface area contributed by atoms with Gasteiger partial charge in [0, 0.05) is 29.1 Å². The molecule has 0 radical (unpaired) electrons. The Morgan fingerprint density at radius 1 is 1.12 bits per heavy atom. The van der Waals surface area contributed by atoms with Gasteiger partial charge >= 0.3 is 5.97 Å². The summed E-state index contributed by atoms with van der Waals surface area (Å²) in [5.41, 5.74) is 4.95. The number of thiophene rings is 1. The minimum atomic E-state index is -0.920. The van der Waals surface area contributed by atoms with Gasteiger partial charge in [-0.25, -0.2) is 4.79 Å². The molecule has 7 nitrogen and oxygen atoms in total. The number of carbonyl (C=O) groups excluding carboxylic acids is 3. The standard InChI is InChI=1S/C26H29N3O4S/c1-16-6-8-21(9-7-16)15-29-18(3)23(17(2)28-29)11-13-25(31)33-19(4)26(32)24-12-10-22(34-24)14-27-20(5)30/h6-13,19H,14-15H2,1-5H3,(H,27,30)/b13-11+. The molecule has 3 aromatic rings. The third kappa shape index (κ3) is 6.51. The molecule has 0 fully saturated rings. The number of aryl methyl sites for hydroxylation is 2. The number of carbonyl (C=O) groups is 3. The second-order valence-electron chi connectivity index (χ2n) is 8.18. The van der Waals surface area contributed by atoms with Crippen molar-refractivity contribution in [2.75, 3.05) is 0 Å². The van der Waals surface area contributed by atoms with Crippen molar-refractivity contribution in [3.8, 4) is 0 Å². The van der Waals surface area contributed by atoms with Gasteiger partial charge in [-0.15, -0.1) is 11.3 Å². The van der Waals surface area contributed by atoms with E-state index in [9.17, 15) is 14.4 Å². The van der Waals surface area contributed by atoms with Crippen LogP contribution in [0.15, 0.2) is 42.5 Å². The maximum atomic E-state index is 12.6. The summed E-state index contributed by atoms with van der Waals surface area (Å²) in [6.45, 7) is 9.90. The number of hydrogen-bond donors (Lipinski definition) is 1. The number of benzene rings is 1. The first kappa shape index (κ1) is 25.1. The summed E-state index contributed by atoms with van der Waals surface area (Å²) in [6, 6.07) is 11.8. The molecular formula is C26H29N3O4S. The van der Waals surface area contributed by atoms with Crippen molar-refractivity contribution in [2.24, 2.45) is 0 Å². The molecular weight excluding hydrogens is 450 g/mol. The molecule has 0 saturated heterocycles. The van der Waals surface area contributed by atoms with Crippen LogP contribution in [0.3, 0.4) is 0 Å². The van der Waals surface area contributed by atoms with Gasteiger partial charge in [-0.05, 0) is 51.5 Å². The molecule has 2 aromatic heterocycles. The fourth-order valence-electron chi connectivity index (χ4n) is 3.41. The van der Waals surface area contributed by atoms with E-state index in [0.29, 0.717) is 18.0 Å². The second-order valence-corrected chi connectivity index (χ2v) is 9.35. The van der Waals surface area contributed by atoms with Crippen molar-refractivity contribution < 1.29 is 19.1 Å². The molecule has 3 rings (SSSR count). The largest absolute Gasteiger partial charge is 0.451 e. The number of ether oxygens (including phenoxy) is 1. The van der Waals surface area contributed by atoms with Crippen LogP contribution < -0.4 is 5.32 Å². The third-order valence-electron chi connectivity index (χ3n) is 5.35. The molecule has 1 aromatic carbocycles. The molecule has 8 heteroatoms. The molecule has 0 aliphatic rings. The van der Waals surface area contributed by atoms with Crippen molar-refractivity contribution in [1.29, 1.82) is 0 Å². The smallest absolute Gasteiger partial charge is 0.331 e. The van der Waals surface area contributed by atoms with Crippen LogP contribution >= 0.6 is 11.3 Å². The lowest BCUT2D eigenvalue weighted by Crippen LogP contribution is -2.22. The number of Topliss-reactive ketones (excluding diaryl/α,β-unsaturated/α-hetero) is 1. The Bertz CT molecular complexity index is 1220. The first-order valence-electron chi connectivity index (χ1n) is 11.0. The molecule has 0 aliphatic carbocycles. The van der Waals surface area contributed by atoms with Gasteiger partial charge in [-0.2, -0.15) is 5.10 Å². The van der Waals surface area contributed by atoms with Gasteiger partial charge in [0.05, 0.1) is 23.7 Å². The van der Waals surface area contributed by atoms with Gasteiger partial charge in [0.1, 0.15) is 0 Å². The first-order chi connectivity index (χ1) is 16.1. The topological polar surface area (TPSA) is 90.3 Å². The molecule has 0 bridgehead atoms. The van der Waals surface area contributed by atoms with E-state index < -0.39 is 12.1 Å². The molecule has 0 spiro atoms. The zero-order valence-electron chi connectivity index (χ0n) is 20.0. The Balaban J connectivity index is 1.61. The molecule has 178 valence electrons. The Hall–Kier alpha value is -3.52. The number of nitrogens with zero attached hydrogens (tertiary/aromatic N) is 2. The first-order valence-corrected chi connectivity index (χ1v) is 11.8. The van der Waals surface area contributed by atoms with Crippen LogP contribution in [0.25, 0.3) is 6.08 Å². The number of amides is 1. The SMILES string of the molecule is CC(=O)NCc1ccc(C(=O)C(C)OC(=O)/C=C/c2c(C)nn(Cc3ccc(C)cc3)c2C)s1. The molecule has 1 N–H and O–H groups in total. The molecule has 0 saturated carbocycles. The van der Waals surface area contributed by atoms with Crippen LogP contribution in [0.2, 0.25) is 0 Å². The van der Waals surface area contributed by atoms with Gasteiger partial charge in [0.15, 0.2) is 6.10 Å². The Kier molecular flexibility index (Phi) is 8.17. The van der Waals surface area contributed by atoms with Crippen molar-refractivity contribution in [1.82, 2.24) is 15.1 Å². The number of hydrogen-bond acceptors (Lipinski definition) is 6. The maximum absolute atomic E-state index is 12.6. The highest BCUT2D eigenvalue weighted by Crippen LogP contribution is 2.20. The van der Waals surface area contributed by atoms with Crippen LogP contribution in [0.5, 0.6) is 0 Å². The van der Waals surface area contributed by atoms with Gasteiger partial charge in [0.25, 0.3) is 0 Å². The zero-order valence-corrected chi connectivity index (χ0v) is 20.9. The number of esters is 1. The van der Waals surface area contributed by atoms with Crippen LogP contribution in [0.4, 0.5) is 0 Å². The van der Waals surface area contributed by atoms with Crippen molar-refractivity contribution in [3.63, 3.8) is 0 Å². The predicted molar refractivity (Wildman–Crippen MR) is 133 cm³/mol. The Labute approximate surface area is 203 Å². The van der Waals surface area contributed by atoms with E-state index in [-0.39, 0.29) is 11.7 Å². The summed E-state index contributed by atoms with van der Waals surface area (Å²) >= 11 is 1.27. The molecule has 1 unspecified atom stereocenters. The van der Waals surface area contributed by atoms with E-state index in [1.54, 1.807) is 25.1 Å². The summed E-state index contributed by atoms with van der Waals surface area (Å²) in [4.78, 5) is 37.4. The van der Waals surface area contributed by atoms with Crippen molar-refractivity contribution in [3.05, 3.63) is 80.3 Å². The van der Waals surface area contributed by atoms with Crippen molar-refractivity contribution >= 4 is 35.1 Å². The van der Waals surface area contributed by atoms with Crippen LogP contribution in [-0.4, -0.2) is 33.5 Å². The van der Waals surface area contributed by atoms with E-state index in [1.807, 2.05) is 18.5 Å². The van der Waals surface area contributed by atoms with Crippen molar-refractivity contribution in [2.45, 2.75) is 53.8 Å².